The predicted octanol–water partition coefficient (Wildman–Crippen LogP) is 2.85. The summed E-state index contributed by atoms with van der Waals surface area (Å²) in [7, 11) is 1.14. The van der Waals surface area contributed by atoms with Crippen molar-refractivity contribution in [1.82, 2.24) is 9.97 Å². The highest BCUT2D eigenvalue weighted by Crippen LogP contribution is 2.22. The number of rotatable bonds is 6. The number of aliphatic hydroxyl groups excluding tert-OH is 1. The molecule has 1 heterocycles. The van der Waals surface area contributed by atoms with Gasteiger partial charge in [0.15, 0.2) is 5.70 Å². The molecule has 0 aliphatic carbocycles. The largest absolute Gasteiger partial charge is 0.510 e. The lowest BCUT2D eigenvalue weighted by molar-refractivity contribution is -0.113. The Kier molecular flexibility index (Phi) is 6.14. The van der Waals surface area contributed by atoms with Crippen LogP contribution in [0.1, 0.15) is 27.6 Å². The summed E-state index contributed by atoms with van der Waals surface area (Å²) in [5.41, 5.74) is 0.0860. The first-order valence-electron chi connectivity index (χ1n) is 8.99. The summed E-state index contributed by atoms with van der Waals surface area (Å²) in [4.78, 5) is 52.1. The second-order valence-electron chi connectivity index (χ2n) is 6.49. The molecule has 12 heteroatoms. The Bertz CT molecular complexity index is 1350. The third-order valence-electron chi connectivity index (χ3n) is 4.18. The number of hydrogen-bond acceptors (Lipinski definition) is 8. The Morgan fingerprint density at radius 3 is 2.34 bits per heavy atom. The molecule has 2 aromatic carbocycles. The van der Waals surface area contributed by atoms with Crippen LogP contribution in [0.3, 0.4) is 0 Å². The molecule has 1 amide bonds. The summed E-state index contributed by atoms with van der Waals surface area (Å²) >= 11 is 0. The van der Waals surface area contributed by atoms with Crippen LogP contribution in [0.25, 0.3) is 11.0 Å². The van der Waals surface area contributed by atoms with Crippen molar-refractivity contribution in [2.24, 2.45) is 10.2 Å². The molecule has 0 aliphatic heterocycles. The molecule has 164 valence electrons. The number of fused-ring (bicyclic) bond motifs is 1. The summed E-state index contributed by atoms with van der Waals surface area (Å²) in [5.74, 6) is -3.36. The first-order valence-corrected chi connectivity index (χ1v) is 8.99. The van der Waals surface area contributed by atoms with Gasteiger partial charge in [-0.15, -0.1) is 5.11 Å². The quantitative estimate of drug-likeness (QED) is 0.169. The number of aromatic carboxylic acids is 1. The molecule has 32 heavy (non-hydrogen) atoms. The molecule has 5 N–H and O–H groups in total. The highest BCUT2D eigenvalue weighted by atomic mass is 16.5. The Labute approximate surface area is 179 Å². The number of methoxy groups -OCH3 is 1. The van der Waals surface area contributed by atoms with Crippen LogP contribution in [0.2, 0.25) is 0 Å². The fraction of sp³-hybridized carbons (Fsp3) is 0.100. The predicted molar refractivity (Wildman–Crippen MR) is 112 cm³/mol. The van der Waals surface area contributed by atoms with E-state index in [9.17, 15) is 29.4 Å². The van der Waals surface area contributed by atoms with Gasteiger partial charge in [0.05, 0.1) is 35.0 Å². The number of anilines is 1. The number of carboxylic acids is 1. The van der Waals surface area contributed by atoms with Gasteiger partial charge in [0.1, 0.15) is 5.76 Å². The third-order valence-corrected chi connectivity index (χ3v) is 4.18. The minimum Gasteiger partial charge on any atom is -0.510 e. The van der Waals surface area contributed by atoms with E-state index in [1.54, 1.807) is 6.07 Å². The van der Waals surface area contributed by atoms with Gasteiger partial charge in [0.2, 0.25) is 0 Å². The van der Waals surface area contributed by atoms with E-state index in [0.29, 0.717) is 16.7 Å². The molecule has 0 spiro atoms. The van der Waals surface area contributed by atoms with Crippen LogP contribution in [-0.2, 0) is 9.53 Å². The molecule has 0 bridgehead atoms. The van der Waals surface area contributed by atoms with Gasteiger partial charge < -0.3 is 30.2 Å². The van der Waals surface area contributed by atoms with Crippen molar-refractivity contribution in [3.05, 3.63) is 69.5 Å². The number of carbonyl (C=O) groups is 3. The van der Waals surface area contributed by atoms with Crippen LogP contribution >= 0.6 is 0 Å². The topological polar surface area (TPSA) is 186 Å². The van der Waals surface area contributed by atoms with Crippen molar-refractivity contribution in [1.29, 1.82) is 0 Å². The lowest BCUT2D eigenvalue weighted by Crippen LogP contribution is -2.14. The highest BCUT2D eigenvalue weighted by molar-refractivity contribution is 6.04. The molecule has 12 nitrogen and oxygen atoms in total. The number of carboxylic acid groups (broad SMARTS) is 1. The van der Waals surface area contributed by atoms with Gasteiger partial charge in [0, 0.05) is 5.69 Å². The summed E-state index contributed by atoms with van der Waals surface area (Å²) in [6, 6.07) is 8.08. The van der Waals surface area contributed by atoms with E-state index < -0.39 is 35.0 Å². The van der Waals surface area contributed by atoms with E-state index in [0.717, 1.165) is 19.2 Å². The van der Waals surface area contributed by atoms with Crippen LogP contribution < -0.4 is 11.0 Å². The average molecular weight is 439 g/mol. The molecule has 0 fully saturated rings. The fourth-order valence-corrected chi connectivity index (χ4v) is 2.72. The number of benzene rings is 2. The van der Waals surface area contributed by atoms with Crippen LogP contribution in [0.5, 0.6) is 0 Å². The van der Waals surface area contributed by atoms with E-state index >= 15 is 0 Å². The van der Waals surface area contributed by atoms with Gasteiger partial charge in [-0.3, -0.25) is 4.79 Å². The first kappa shape index (κ1) is 22.0. The number of aromatic nitrogens is 2. The van der Waals surface area contributed by atoms with E-state index in [2.05, 4.69) is 30.3 Å². The number of imidazole rings is 1. The number of aromatic amines is 2. The Morgan fingerprint density at radius 2 is 1.69 bits per heavy atom. The maximum absolute atomic E-state index is 12.6. The molecule has 0 aliphatic rings. The number of hydrogen-bond donors (Lipinski definition) is 5. The lowest BCUT2D eigenvalue weighted by atomic mass is 10.1. The highest BCUT2D eigenvalue weighted by Gasteiger charge is 2.16. The zero-order valence-electron chi connectivity index (χ0n) is 16.8. The van der Waals surface area contributed by atoms with Crippen molar-refractivity contribution in [2.45, 2.75) is 6.92 Å². The standard InChI is InChI=1S/C20H17N5O7/c1-9(26)16(17(27)21-12-3-4-14-15(8-12)23-20(31)22-14)25-24-13-6-10(18(28)29)5-11(7-13)19(30)32-2/h3-8,26H,1-2H3,(H,21,27)(H,28,29)(H2,22,23,31). The number of allylic oxidation sites excluding steroid dienone is 1. The van der Waals surface area contributed by atoms with Gasteiger partial charge in [0.25, 0.3) is 5.91 Å². The van der Waals surface area contributed by atoms with Crippen molar-refractivity contribution >= 4 is 40.3 Å². The van der Waals surface area contributed by atoms with Crippen LogP contribution in [0.4, 0.5) is 11.4 Å². The smallest absolute Gasteiger partial charge is 0.337 e. The molecule has 0 unspecified atom stereocenters. The minimum absolute atomic E-state index is 0.0526. The molecule has 1 aromatic heterocycles. The lowest BCUT2D eigenvalue weighted by Gasteiger charge is -2.06. The maximum atomic E-state index is 12.6. The number of aliphatic hydroxyl groups is 1. The van der Waals surface area contributed by atoms with Gasteiger partial charge in [-0.2, -0.15) is 5.11 Å². The third kappa shape index (κ3) is 4.87. The van der Waals surface area contributed by atoms with E-state index in [1.807, 2.05) is 0 Å². The number of amides is 1. The van der Waals surface area contributed by atoms with E-state index in [-0.39, 0.29) is 16.8 Å². The van der Waals surface area contributed by atoms with E-state index in [1.165, 1.54) is 25.1 Å². The molecular formula is C20H17N5O7. The second-order valence-corrected chi connectivity index (χ2v) is 6.49. The van der Waals surface area contributed by atoms with Gasteiger partial charge >= 0.3 is 17.6 Å². The van der Waals surface area contributed by atoms with Crippen LogP contribution in [-0.4, -0.2) is 45.1 Å². The van der Waals surface area contributed by atoms with Gasteiger partial charge in [-0.25, -0.2) is 14.4 Å². The first-order chi connectivity index (χ1) is 15.2. The molecule has 0 saturated carbocycles. The molecule has 0 radical (unpaired) electrons. The molecule has 0 atom stereocenters. The number of nitrogens with zero attached hydrogens (tertiary/aromatic N) is 2. The van der Waals surface area contributed by atoms with Crippen LogP contribution in [0, 0.1) is 0 Å². The summed E-state index contributed by atoms with van der Waals surface area (Å²) in [6.07, 6.45) is 0. The summed E-state index contributed by atoms with van der Waals surface area (Å²) in [6.45, 7) is 1.22. The molecule has 0 saturated heterocycles. The number of azo groups is 1. The Balaban J connectivity index is 1.88. The molecule has 3 rings (SSSR count). The van der Waals surface area contributed by atoms with Crippen molar-refractivity contribution < 1.29 is 29.3 Å². The zero-order chi connectivity index (χ0) is 23.4. The normalized spacial score (nSPS) is 11.9. The molecule has 3 aromatic rings. The number of nitrogens with one attached hydrogen (secondary N) is 3. The van der Waals surface area contributed by atoms with Crippen LogP contribution in [0.15, 0.2) is 62.9 Å². The summed E-state index contributed by atoms with van der Waals surface area (Å²) < 4.78 is 4.58. The SMILES string of the molecule is COC(=O)c1cc(N=NC(C(=O)Nc2ccc3[nH]c(=O)[nH]c3c2)=C(C)O)cc(C(=O)O)c1. The second kappa shape index (κ2) is 8.95. The molecular weight excluding hydrogens is 422 g/mol. The maximum Gasteiger partial charge on any atom is 0.337 e. The minimum atomic E-state index is -1.31. The van der Waals surface area contributed by atoms with Crippen molar-refractivity contribution in [3.63, 3.8) is 0 Å². The Hall–Kier alpha value is -4.74. The number of esters is 1. The monoisotopic (exact) mass is 439 g/mol. The summed E-state index contributed by atoms with van der Waals surface area (Å²) in [5, 5.41) is 29.1. The fourth-order valence-electron chi connectivity index (χ4n) is 2.72. The van der Waals surface area contributed by atoms with E-state index in [4.69, 9.17) is 0 Å². The number of carbonyl (C=O) groups excluding carboxylic acids is 2. The Morgan fingerprint density at radius 1 is 1.00 bits per heavy atom. The van der Waals surface area contributed by atoms with Gasteiger partial charge in [-0.1, -0.05) is 0 Å². The van der Waals surface area contributed by atoms with Crippen molar-refractivity contribution in [3.8, 4) is 0 Å². The zero-order valence-corrected chi connectivity index (χ0v) is 16.8. The van der Waals surface area contributed by atoms with Crippen molar-refractivity contribution in [2.75, 3.05) is 12.4 Å². The number of ether oxygens (including phenoxy) is 1. The number of H-pyrrole nitrogens is 2. The average Bonchev–Trinajstić information content (AvgIpc) is 3.12. The van der Waals surface area contributed by atoms with Gasteiger partial charge in [-0.05, 0) is 43.3 Å².